The number of halogens is 1. The number of fused-ring (bicyclic) bond motifs is 1. The molecule has 0 saturated heterocycles. The van der Waals surface area contributed by atoms with Gasteiger partial charge in [-0.2, -0.15) is 4.98 Å². The Morgan fingerprint density at radius 1 is 1.31 bits per heavy atom. The van der Waals surface area contributed by atoms with E-state index >= 15 is 0 Å². The van der Waals surface area contributed by atoms with Crippen molar-refractivity contribution in [2.24, 2.45) is 0 Å². The van der Waals surface area contributed by atoms with Crippen molar-refractivity contribution in [3.05, 3.63) is 65.1 Å². The first-order valence-corrected chi connectivity index (χ1v) is 9.31. The normalized spacial score (nSPS) is 13.7. The third kappa shape index (κ3) is 3.24. The summed E-state index contributed by atoms with van der Waals surface area (Å²) in [6.07, 6.45) is 3.97. The number of hydrogen-bond acceptors (Lipinski definition) is 6. The largest absolute Gasteiger partial charge is 0.345 e. The molecule has 1 amide bonds. The van der Waals surface area contributed by atoms with Gasteiger partial charge in [0.2, 0.25) is 0 Å². The highest BCUT2D eigenvalue weighted by atomic mass is 19.1. The number of nitrogens with zero attached hydrogens (tertiary/aromatic N) is 5. The van der Waals surface area contributed by atoms with Crippen LogP contribution in [0.4, 0.5) is 4.39 Å². The van der Waals surface area contributed by atoms with E-state index in [9.17, 15) is 9.18 Å². The van der Waals surface area contributed by atoms with Gasteiger partial charge in [0.25, 0.3) is 11.8 Å². The number of rotatable bonds is 5. The quantitative estimate of drug-likeness (QED) is 0.561. The first-order valence-electron chi connectivity index (χ1n) is 9.31. The van der Waals surface area contributed by atoms with Gasteiger partial charge in [-0.1, -0.05) is 11.2 Å². The second-order valence-electron chi connectivity index (χ2n) is 7.11. The molecule has 1 fully saturated rings. The molecule has 1 N–H and O–H groups in total. The van der Waals surface area contributed by atoms with Crippen molar-refractivity contribution >= 4 is 11.6 Å². The maximum Gasteiger partial charge on any atom is 0.261 e. The van der Waals surface area contributed by atoms with E-state index in [4.69, 9.17) is 4.52 Å². The van der Waals surface area contributed by atoms with Crippen LogP contribution in [0.25, 0.3) is 17.1 Å². The Balaban J connectivity index is 1.38. The van der Waals surface area contributed by atoms with E-state index < -0.39 is 5.82 Å². The SMILES string of the molecule is Cc1ccc(C(=O)NCc2nnc3c(-c4nc(C5CC5)no4)cccn23)cc1F. The Morgan fingerprint density at radius 2 is 2.17 bits per heavy atom. The summed E-state index contributed by atoms with van der Waals surface area (Å²) in [5, 5.41) is 15.2. The van der Waals surface area contributed by atoms with Crippen molar-refractivity contribution in [1.29, 1.82) is 0 Å². The van der Waals surface area contributed by atoms with Crippen LogP contribution in [0.15, 0.2) is 41.1 Å². The topological polar surface area (TPSA) is 98.2 Å². The van der Waals surface area contributed by atoms with Gasteiger partial charge in [0.1, 0.15) is 5.82 Å². The molecule has 9 heteroatoms. The van der Waals surface area contributed by atoms with Crippen molar-refractivity contribution in [3.63, 3.8) is 0 Å². The smallest absolute Gasteiger partial charge is 0.261 e. The molecule has 1 aliphatic rings. The number of pyridine rings is 1. The zero-order chi connectivity index (χ0) is 20.0. The molecule has 8 nitrogen and oxygen atoms in total. The lowest BCUT2D eigenvalue weighted by Gasteiger charge is -2.06. The molecule has 146 valence electrons. The number of amides is 1. The summed E-state index contributed by atoms with van der Waals surface area (Å²) >= 11 is 0. The van der Waals surface area contributed by atoms with E-state index in [2.05, 4.69) is 25.7 Å². The molecule has 0 aliphatic heterocycles. The average molecular weight is 392 g/mol. The van der Waals surface area contributed by atoms with Crippen LogP contribution in [0.5, 0.6) is 0 Å². The van der Waals surface area contributed by atoms with Gasteiger partial charge in [-0.05, 0) is 49.6 Å². The third-order valence-electron chi connectivity index (χ3n) is 4.96. The molecule has 1 aromatic carbocycles. The molecule has 0 atom stereocenters. The molecule has 29 heavy (non-hydrogen) atoms. The van der Waals surface area contributed by atoms with Gasteiger partial charge in [0, 0.05) is 17.7 Å². The van der Waals surface area contributed by atoms with Gasteiger partial charge in [-0.25, -0.2) is 4.39 Å². The summed E-state index contributed by atoms with van der Waals surface area (Å²) < 4.78 is 20.9. The summed E-state index contributed by atoms with van der Waals surface area (Å²) in [5.74, 6) is 1.24. The summed E-state index contributed by atoms with van der Waals surface area (Å²) in [5.41, 5.74) is 1.98. The number of carbonyl (C=O) groups is 1. The highest BCUT2D eigenvalue weighted by Crippen LogP contribution is 2.39. The van der Waals surface area contributed by atoms with Crippen molar-refractivity contribution < 1.29 is 13.7 Å². The summed E-state index contributed by atoms with van der Waals surface area (Å²) in [6.45, 7) is 1.78. The average Bonchev–Trinajstić information content (AvgIpc) is 3.31. The molecule has 4 aromatic rings. The number of benzene rings is 1. The molecule has 0 spiro atoms. The van der Waals surface area contributed by atoms with Gasteiger partial charge in [0.15, 0.2) is 17.3 Å². The van der Waals surface area contributed by atoms with Gasteiger partial charge < -0.3 is 9.84 Å². The fraction of sp³-hybridized carbons (Fsp3) is 0.250. The first kappa shape index (κ1) is 17.5. The first-order chi connectivity index (χ1) is 14.1. The van der Waals surface area contributed by atoms with Gasteiger partial charge >= 0.3 is 0 Å². The van der Waals surface area contributed by atoms with Crippen LogP contribution in [0.2, 0.25) is 0 Å². The standard InChI is InChI=1S/C20H17FN6O2/c1-11-4-5-13(9-15(11)21)19(28)22-10-16-24-25-18-14(3-2-8-27(16)18)20-23-17(26-29-20)12-6-7-12/h2-5,8-9,12H,6-7,10H2,1H3,(H,22,28). The minimum atomic E-state index is -0.416. The number of nitrogens with one attached hydrogen (secondary N) is 1. The molecule has 1 aliphatic carbocycles. The van der Waals surface area contributed by atoms with Crippen LogP contribution >= 0.6 is 0 Å². The summed E-state index contributed by atoms with van der Waals surface area (Å²) in [4.78, 5) is 16.8. The predicted octanol–water partition coefficient (Wildman–Crippen LogP) is 3.03. The minimum absolute atomic E-state index is 0.135. The van der Waals surface area contributed by atoms with E-state index in [0.29, 0.717) is 34.4 Å². The van der Waals surface area contributed by atoms with E-state index in [-0.39, 0.29) is 18.0 Å². The molecule has 0 bridgehead atoms. The van der Waals surface area contributed by atoms with Crippen LogP contribution in [0.1, 0.15) is 46.3 Å². The Bertz CT molecular complexity index is 1230. The van der Waals surface area contributed by atoms with Gasteiger partial charge in [0.05, 0.1) is 12.1 Å². The zero-order valence-corrected chi connectivity index (χ0v) is 15.6. The highest BCUT2D eigenvalue weighted by Gasteiger charge is 2.29. The van der Waals surface area contributed by atoms with Crippen molar-refractivity contribution in [3.8, 4) is 11.5 Å². The monoisotopic (exact) mass is 392 g/mol. The molecular formula is C20H17FN6O2. The third-order valence-corrected chi connectivity index (χ3v) is 4.96. The number of aryl methyl sites for hydroxylation is 1. The lowest BCUT2D eigenvalue weighted by Crippen LogP contribution is -2.24. The predicted molar refractivity (Wildman–Crippen MR) is 101 cm³/mol. The van der Waals surface area contributed by atoms with E-state index in [1.54, 1.807) is 29.7 Å². The fourth-order valence-corrected chi connectivity index (χ4v) is 3.10. The maximum absolute atomic E-state index is 13.7. The lowest BCUT2D eigenvalue weighted by molar-refractivity contribution is 0.0949. The maximum atomic E-state index is 13.7. The molecule has 0 unspecified atom stereocenters. The summed E-state index contributed by atoms with van der Waals surface area (Å²) in [6, 6.07) is 8.04. The van der Waals surface area contributed by atoms with Gasteiger partial charge in [-0.3, -0.25) is 9.20 Å². The van der Waals surface area contributed by atoms with Crippen LogP contribution < -0.4 is 5.32 Å². The number of hydrogen-bond donors (Lipinski definition) is 1. The molecular weight excluding hydrogens is 375 g/mol. The van der Waals surface area contributed by atoms with Crippen LogP contribution in [-0.4, -0.2) is 30.6 Å². The van der Waals surface area contributed by atoms with Crippen LogP contribution in [-0.2, 0) is 6.54 Å². The molecule has 1 saturated carbocycles. The second-order valence-corrected chi connectivity index (χ2v) is 7.11. The summed E-state index contributed by atoms with van der Waals surface area (Å²) in [7, 11) is 0. The van der Waals surface area contributed by atoms with Crippen LogP contribution in [0, 0.1) is 12.7 Å². The van der Waals surface area contributed by atoms with E-state index in [0.717, 1.165) is 18.7 Å². The minimum Gasteiger partial charge on any atom is -0.345 e. The Hall–Kier alpha value is -3.62. The van der Waals surface area contributed by atoms with Crippen molar-refractivity contribution in [1.82, 2.24) is 30.1 Å². The van der Waals surface area contributed by atoms with Gasteiger partial charge in [-0.15, -0.1) is 10.2 Å². The van der Waals surface area contributed by atoms with Crippen LogP contribution in [0.3, 0.4) is 0 Å². The lowest BCUT2D eigenvalue weighted by atomic mass is 10.1. The highest BCUT2D eigenvalue weighted by molar-refractivity contribution is 5.94. The fourth-order valence-electron chi connectivity index (χ4n) is 3.10. The van der Waals surface area contributed by atoms with Crippen molar-refractivity contribution in [2.45, 2.75) is 32.2 Å². The number of carbonyl (C=O) groups excluding carboxylic acids is 1. The zero-order valence-electron chi connectivity index (χ0n) is 15.6. The molecule has 3 heterocycles. The second kappa shape index (κ2) is 6.77. The molecule has 3 aromatic heterocycles. The van der Waals surface area contributed by atoms with E-state index in [1.165, 1.54) is 6.07 Å². The van der Waals surface area contributed by atoms with Crippen molar-refractivity contribution in [2.75, 3.05) is 0 Å². The Kier molecular flexibility index (Phi) is 4.08. The molecule has 5 rings (SSSR count). The Labute approximate surface area is 164 Å². The van der Waals surface area contributed by atoms with E-state index in [1.807, 2.05) is 12.1 Å². The molecule has 0 radical (unpaired) electrons. The number of aromatic nitrogens is 5. The Morgan fingerprint density at radius 3 is 2.97 bits per heavy atom.